The third kappa shape index (κ3) is 3.67. The van der Waals surface area contributed by atoms with Crippen molar-refractivity contribution in [3.63, 3.8) is 0 Å². The van der Waals surface area contributed by atoms with Crippen LogP contribution < -0.4 is 0 Å². The van der Waals surface area contributed by atoms with Crippen molar-refractivity contribution in [1.82, 2.24) is 9.80 Å². The van der Waals surface area contributed by atoms with Gasteiger partial charge in [-0.2, -0.15) is 5.26 Å². The zero-order chi connectivity index (χ0) is 17.9. The molecule has 3 rings (SSSR count). The van der Waals surface area contributed by atoms with E-state index in [0.29, 0.717) is 39.1 Å². The first kappa shape index (κ1) is 18.2. The van der Waals surface area contributed by atoms with Gasteiger partial charge in [-0.1, -0.05) is 29.8 Å². The minimum absolute atomic E-state index is 0.0247. The Bertz CT molecular complexity index is 659. The molecule has 0 radical (unpaired) electrons. The van der Waals surface area contributed by atoms with Gasteiger partial charge in [0.1, 0.15) is 5.41 Å². The Morgan fingerprint density at radius 1 is 1.24 bits per heavy atom. The van der Waals surface area contributed by atoms with E-state index >= 15 is 0 Å². The van der Waals surface area contributed by atoms with Crippen LogP contribution in [0.4, 0.5) is 0 Å². The molecule has 2 aliphatic heterocycles. The van der Waals surface area contributed by atoms with Crippen LogP contribution in [0.3, 0.4) is 0 Å². The van der Waals surface area contributed by atoms with Crippen molar-refractivity contribution in [3.05, 3.63) is 34.9 Å². The van der Waals surface area contributed by atoms with Crippen molar-refractivity contribution >= 4 is 17.5 Å². The summed E-state index contributed by atoms with van der Waals surface area (Å²) in [7, 11) is 0. The summed E-state index contributed by atoms with van der Waals surface area (Å²) in [5.74, 6) is -0.0247. The van der Waals surface area contributed by atoms with E-state index in [1.54, 1.807) is 0 Å². The highest BCUT2D eigenvalue weighted by atomic mass is 35.5. The molecule has 2 heterocycles. The minimum Gasteiger partial charge on any atom is -0.381 e. The molecule has 1 aromatic rings. The molecule has 1 atom stereocenters. The third-order valence-corrected chi connectivity index (χ3v) is 5.82. The van der Waals surface area contributed by atoms with E-state index in [4.69, 9.17) is 16.3 Å². The van der Waals surface area contributed by atoms with Gasteiger partial charge in [-0.25, -0.2) is 0 Å². The average molecular weight is 362 g/mol. The number of carbonyl (C=O) groups excluding carboxylic acids is 1. The number of hydrogen-bond acceptors (Lipinski definition) is 4. The van der Waals surface area contributed by atoms with Gasteiger partial charge in [0, 0.05) is 50.5 Å². The van der Waals surface area contributed by atoms with E-state index in [1.807, 2.05) is 23.1 Å². The Morgan fingerprint density at radius 3 is 2.48 bits per heavy atom. The predicted molar refractivity (Wildman–Crippen MR) is 96.1 cm³/mol. The average Bonchev–Trinajstić information content (AvgIpc) is 2.68. The van der Waals surface area contributed by atoms with Crippen LogP contribution in [0.15, 0.2) is 24.3 Å². The fourth-order valence-electron chi connectivity index (χ4n) is 3.72. The van der Waals surface area contributed by atoms with Crippen LogP contribution in [0.5, 0.6) is 0 Å². The van der Waals surface area contributed by atoms with Crippen molar-refractivity contribution in [2.24, 2.45) is 5.41 Å². The van der Waals surface area contributed by atoms with Crippen LogP contribution >= 0.6 is 11.6 Å². The molecule has 1 aromatic carbocycles. The summed E-state index contributed by atoms with van der Waals surface area (Å²) in [4.78, 5) is 17.1. The first-order valence-corrected chi connectivity index (χ1v) is 9.22. The number of rotatable bonds is 3. The van der Waals surface area contributed by atoms with Crippen molar-refractivity contribution in [2.45, 2.75) is 25.8 Å². The summed E-state index contributed by atoms with van der Waals surface area (Å²) in [5.41, 5.74) is 0.219. The Balaban J connectivity index is 1.63. The number of hydrogen-bond donors (Lipinski definition) is 0. The summed E-state index contributed by atoms with van der Waals surface area (Å²) >= 11 is 6.32. The lowest BCUT2D eigenvalue weighted by Gasteiger charge is -2.41. The van der Waals surface area contributed by atoms with Gasteiger partial charge in [0.2, 0.25) is 5.91 Å². The molecule has 2 fully saturated rings. The molecular weight excluding hydrogens is 338 g/mol. The number of piperazine rings is 1. The first-order chi connectivity index (χ1) is 12.1. The lowest BCUT2D eigenvalue weighted by Crippen LogP contribution is -2.54. The standard InChI is InChI=1S/C19H24ClN3O2/c1-15(16-4-2-3-5-17(16)20)22-8-10-23(11-9-22)18(24)19(14-21)6-12-25-13-7-19/h2-5,15H,6-13H2,1H3. The molecule has 0 bridgehead atoms. The first-order valence-electron chi connectivity index (χ1n) is 8.84. The molecule has 0 spiro atoms. The van der Waals surface area contributed by atoms with E-state index in [-0.39, 0.29) is 11.9 Å². The molecule has 2 saturated heterocycles. The second-order valence-corrected chi connectivity index (χ2v) is 7.24. The van der Waals surface area contributed by atoms with Crippen LogP contribution in [-0.2, 0) is 9.53 Å². The fourth-order valence-corrected chi connectivity index (χ4v) is 4.01. The summed E-state index contributed by atoms with van der Waals surface area (Å²) in [6, 6.07) is 10.4. The SMILES string of the molecule is CC(c1ccccc1Cl)N1CCN(C(=O)C2(C#N)CCOCC2)CC1. The van der Waals surface area contributed by atoms with Crippen LogP contribution in [-0.4, -0.2) is 55.1 Å². The molecule has 5 nitrogen and oxygen atoms in total. The predicted octanol–water partition coefficient (Wildman–Crippen LogP) is 2.87. The lowest BCUT2D eigenvalue weighted by atomic mass is 9.80. The highest BCUT2D eigenvalue weighted by Crippen LogP contribution is 2.33. The largest absolute Gasteiger partial charge is 0.381 e. The van der Waals surface area contributed by atoms with Gasteiger partial charge in [0.15, 0.2) is 0 Å². The van der Waals surface area contributed by atoms with E-state index in [1.165, 1.54) is 0 Å². The van der Waals surface area contributed by atoms with Crippen LogP contribution in [0.1, 0.15) is 31.4 Å². The third-order valence-electron chi connectivity index (χ3n) is 5.47. The monoisotopic (exact) mass is 361 g/mol. The number of carbonyl (C=O) groups is 1. The second kappa shape index (κ2) is 7.74. The van der Waals surface area contributed by atoms with E-state index < -0.39 is 5.41 Å². The van der Waals surface area contributed by atoms with Gasteiger partial charge >= 0.3 is 0 Å². The lowest BCUT2D eigenvalue weighted by molar-refractivity contribution is -0.145. The van der Waals surface area contributed by atoms with Gasteiger partial charge < -0.3 is 9.64 Å². The van der Waals surface area contributed by atoms with Crippen molar-refractivity contribution in [3.8, 4) is 6.07 Å². The van der Waals surface area contributed by atoms with Crippen LogP contribution in [0.2, 0.25) is 5.02 Å². The Hall–Kier alpha value is -1.61. The maximum absolute atomic E-state index is 12.9. The van der Waals surface area contributed by atoms with Crippen LogP contribution in [0, 0.1) is 16.7 Å². The molecule has 2 aliphatic rings. The summed E-state index contributed by atoms with van der Waals surface area (Å²) in [6.07, 6.45) is 0.997. The zero-order valence-electron chi connectivity index (χ0n) is 14.6. The highest BCUT2D eigenvalue weighted by Gasteiger charge is 2.43. The minimum atomic E-state index is -0.894. The summed E-state index contributed by atoms with van der Waals surface area (Å²) in [5, 5.41) is 10.4. The number of ether oxygens (including phenoxy) is 1. The topological polar surface area (TPSA) is 56.6 Å². The van der Waals surface area contributed by atoms with Gasteiger partial charge in [-0.3, -0.25) is 9.69 Å². The highest BCUT2D eigenvalue weighted by molar-refractivity contribution is 6.31. The maximum atomic E-state index is 12.9. The second-order valence-electron chi connectivity index (χ2n) is 6.83. The number of benzene rings is 1. The zero-order valence-corrected chi connectivity index (χ0v) is 15.3. The van der Waals surface area contributed by atoms with Gasteiger partial charge in [-0.05, 0) is 31.4 Å². The molecule has 134 valence electrons. The Morgan fingerprint density at radius 2 is 1.88 bits per heavy atom. The molecule has 25 heavy (non-hydrogen) atoms. The number of nitrogens with zero attached hydrogens (tertiary/aromatic N) is 3. The summed E-state index contributed by atoms with van der Waals surface area (Å²) < 4.78 is 5.33. The van der Waals surface area contributed by atoms with Crippen molar-refractivity contribution in [2.75, 3.05) is 39.4 Å². The van der Waals surface area contributed by atoms with Gasteiger partial charge in [0.05, 0.1) is 6.07 Å². The van der Waals surface area contributed by atoms with Crippen molar-refractivity contribution in [1.29, 1.82) is 5.26 Å². The molecule has 0 aliphatic carbocycles. The molecule has 1 amide bonds. The molecular formula is C19H24ClN3O2. The molecule has 0 aromatic heterocycles. The molecule has 1 unspecified atom stereocenters. The Kier molecular flexibility index (Phi) is 5.63. The van der Waals surface area contributed by atoms with E-state index in [2.05, 4.69) is 24.0 Å². The smallest absolute Gasteiger partial charge is 0.243 e. The maximum Gasteiger partial charge on any atom is 0.243 e. The van der Waals surface area contributed by atoms with Gasteiger partial charge in [0.25, 0.3) is 0 Å². The molecule has 0 N–H and O–H groups in total. The van der Waals surface area contributed by atoms with Crippen LogP contribution in [0.25, 0.3) is 0 Å². The quantitative estimate of drug-likeness (QED) is 0.830. The molecule has 0 saturated carbocycles. The normalized spacial score (nSPS) is 22.2. The van der Waals surface area contributed by atoms with Crippen molar-refractivity contribution < 1.29 is 9.53 Å². The number of amides is 1. The fraction of sp³-hybridized carbons (Fsp3) is 0.579. The Labute approximate surface area is 154 Å². The number of halogens is 1. The van der Waals surface area contributed by atoms with E-state index in [0.717, 1.165) is 23.7 Å². The number of nitriles is 1. The van der Waals surface area contributed by atoms with Gasteiger partial charge in [-0.15, -0.1) is 0 Å². The van der Waals surface area contributed by atoms with E-state index in [9.17, 15) is 10.1 Å². The molecule has 6 heteroatoms. The summed E-state index contributed by atoms with van der Waals surface area (Å²) in [6.45, 7) is 6.00.